The molecule has 1 fully saturated rings. The fraction of sp³-hybridized carbons (Fsp3) is 0.435. The van der Waals surface area contributed by atoms with Gasteiger partial charge in [-0.25, -0.2) is 15.8 Å². The third-order valence-electron chi connectivity index (χ3n) is 5.28. The third-order valence-corrected chi connectivity index (χ3v) is 6.29. The number of hydrogen-bond acceptors (Lipinski definition) is 8. The molecule has 0 bridgehead atoms. The summed E-state index contributed by atoms with van der Waals surface area (Å²) in [5, 5.41) is 5.93. The lowest BCUT2D eigenvalue weighted by molar-refractivity contribution is -0.135. The molecule has 0 aliphatic carbocycles. The Labute approximate surface area is 220 Å². The average Bonchev–Trinajstić information content (AvgIpc) is 3.27. The van der Waals surface area contributed by atoms with E-state index in [4.69, 9.17) is 10.6 Å². The molecule has 36 heavy (non-hydrogen) atoms. The van der Waals surface area contributed by atoms with Gasteiger partial charge in [-0.2, -0.15) is 0 Å². The number of ether oxygens (including phenoxy) is 1. The van der Waals surface area contributed by atoms with Crippen LogP contribution in [0.2, 0.25) is 0 Å². The summed E-state index contributed by atoms with van der Waals surface area (Å²) >= 11 is 1.15. The monoisotopic (exact) mass is 537 g/mol. The van der Waals surface area contributed by atoms with Crippen LogP contribution in [0.15, 0.2) is 29.3 Å². The number of carbonyl (C=O) groups is 3. The lowest BCUT2D eigenvalue weighted by Crippen LogP contribution is -2.40. The number of carbonyl (C=O) groups excluding carboxylic acids is 3. The van der Waals surface area contributed by atoms with Crippen molar-refractivity contribution in [1.82, 2.24) is 20.6 Å². The number of thiazole rings is 1. The predicted octanol–water partition coefficient (Wildman–Crippen LogP) is 1.80. The zero-order valence-electron chi connectivity index (χ0n) is 20.1. The molecular weight excluding hydrogens is 506 g/mol. The maximum Gasteiger partial charge on any atom is 0.263 e. The number of amides is 3. The van der Waals surface area contributed by atoms with Crippen LogP contribution in [0.3, 0.4) is 0 Å². The van der Waals surface area contributed by atoms with Crippen molar-refractivity contribution in [3.05, 3.63) is 40.4 Å². The van der Waals surface area contributed by atoms with Gasteiger partial charge in [-0.3, -0.25) is 14.4 Å². The number of benzene rings is 1. The molecule has 196 valence electrons. The lowest BCUT2D eigenvalue weighted by Gasteiger charge is -2.26. The van der Waals surface area contributed by atoms with Crippen LogP contribution in [0.1, 0.15) is 40.7 Å². The van der Waals surface area contributed by atoms with Crippen LogP contribution in [0.25, 0.3) is 0 Å². The average molecular weight is 538 g/mol. The number of rotatable bonds is 11. The van der Waals surface area contributed by atoms with Crippen LogP contribution >= 0.6 is 23.7 Å². The van der Waals surface area contributed by atoms with E-state index in [-0.39, 0.29) is 30.1 Å². The SMILES string of the molecule is CC(=O)Nc1nc(CCc2ccc(N=CNN)cc2)c(C(=O)NCCCC(=O)N2CCOCC2)s1.Cl. The first-order chi connectivity index (χ1) is 17.0. The van der Waals surface area contributed by atoms with Crippen LogP contribution in [-0.2, 0) is 27.2 Å². The van der Waals surface area contributed by atoms with Crippen molar-refractivity contribution in [3.8, 4) is 0 Å². The van der Waals surface area contributed by atoms with Crippen LogP contribution in [0.5, 0.6) is 0 Å². The molecule has 0 unspecified atom stereocenters. The highest BCUT2D eigenvalue weighted by atomic mass is 35.5. The first-order valence-corrected chi connectivity index (χ1v) is 12.3. The summed E-state index contributed by atoms with van der Waals surface area (Å²) in [6, 6.07) is 7.66. The minimum Gasteiger partial charge on any atom is -0.378 e. The second kappa shape index (κ2) is 15.1. The summed E-state index contributed by atoms with van der Waals surface area (Å²) in [4.78, 5) is 47.5. The van der Waals surface area contributed by atoms with E-state index in [1.807, 2.05) is 24.3 Å². The van der Waals surface area contributed by atoms with Crippen molar-refractivity contribution in [2.75, 3.05) is 38.2 Å². The van der Waals surface area contributed by atoms with Gasteiger partial charge in [0.2, 0.25) is 11.8 Å². The molecule has 5 N–H and O–H groups in total. The van der Waals surface area contributed by atoms with E-state index in [2.05, 4.69) is 26.0 Å². The molecule has 3 amide bonds. The number of aliphatic imine (C=N–C) groups is 1. The molecule has 0 radical (unpaired) electrons. The molecule has 2 aromatic rings. The molecule has 13 heteroatoms. The molecule has 0 atom stereocenters. The number of nitrogens with one attached hydrogen (secondary N) is 3. The molecule has 1 aliphatic rings. The smallest absolute Gasteiger partial charge is 0.263 e. The Balaban J connectivity index is 0.00000456. The highest BCUT2D eigenvalue weighted by Gasteiger charge is 2.20. The van der Waals surface area contributed by atoms with E-state index in [1.165, 1.54) is 13.3 Å². The fourth-order valence-corrected chi connectivity index (χ4v) is 4.49. The topological polar surface area (TPSA) is 151 Å². The Hall–Kier alpha value is -3.06. The quantitative estimate of drug-likeness (QED) is 0.112. The van der Waals surface area contributed by atoms with Gasteiger partial charge in [0, 0.05) is 33.0 Å². The Bertz CT molecular complexity index is 1040. The molecular formula is C23H32ClN7O4S. The van der Waals surface area contributed by atoms with Gasteiger partial charge >= 0.3 is 0 Å². The second-order valence-electron chi connectivity index (χ2n) is 7.92. The minimum absolute atomic E-state index is 0. The highest BCUT2D eigenvalue weighted by Crippen LogP contribution is 2.25. The lowest BCUT2D eigenvalue weighted by atomic mass is 10.1. The Morgan fingerprint density at radius 1 is 1.19 bits per heavy atom. The number of halogens is 1. The molecule has 3 rings (SSSR count). The number of hydrazine groups is 1. The summed E-state index contributed by atoms with van der Waals surface area (Å²) in [5.41, 5.74) is 4.81. The Morgan fingerprint density at radius 2 is 1.92 bits per heavy atom. The van der Waals surface area contributed by atoms with Crippen molar-refractivity contribution >= 4 is 58.6 Å². The van der Waals surface area contributed by atoms with Gasteiger partial charge in [0.1, 0.15) is 11.2 Å². The van der Waals surface area contributed by atoms with Gasteiger partial charge in [0.05, 0.1) is 24.6 Å². The number of nitrogens with two attached hydrogens (primary N) is 1. The fourth-order valence-electron chi connectivity index (χ4n) is 3.52. The summed E-state index contributed by atoms with van der Waals surface area (Å²) in [7, 11) is 0. The number of aromatic nitrogens is 1. The normalized spacial score (nSPS) is 13.2. The van der Waals surface area contributed by atoms with Crippen molar-refractivity contribution in [2.24, 2.45) is 10.8 Å². The number of hydrogen-bond donors (Lipinski definition) is 4. The number of morpholine rings is 1. The van der Waals surface area contributed by atoms with E-state index in [9.17, 15) is 14.4 Å². The van der Waals surface area contributed by atoms with E-state index in [0.29, 0.717) is 74.2 Å². The summed E-state index contributed by atoms with van der Waals surface area (Å²) in [5.74, 6) is 4.75. The summed E-state index contributed by atoms with van der Waals surface area (Å²) < 4.78 is 5.27. The van der Waals surface area contributed by atoms with Gasteiger partial charge in [-0.05, 0) is 37.0 Å². The Morgan fingerprint density at radius 3 is 2.58 bits per heavy atom. The largest absolute Gasteiger partial charge is 0.378 e. The molecule has 0 spiro atoms. The number of nitrogens with zero attached hydrogens (tertiary/aromatic N) is 3. The highest BCUT2D eigenvalue weighted by molar-refractivity contribution is 7.17. The van der Waals surface area contributed by atoms with Crippen LogP contribution in [-0.4, -0.2) is 66.8 Å². The van der Waals surface area contributed by atoms with E-state index >= 15 is 0 Å². The first kappa shape index (κ1) is 29.2. The molecule has 11 nitrogen and oxygen atoms in total. The van der Waals surface area contributed by atoms with E-state index < -0.39 is 0 Å². The van der Waals surface area contributed by atoms with Crippen LogP contribution in [0, 0.1) is 0 Å². The van der Waals surface area contributed by atoms with Crippen LogP contribution in [0.4, 0.5) is 10.8 Å². The van der Waals surface area contributed by atoms with Gasteiger partial charge < -0.3 is 25.7 Å². The van der Waals surface area contributed by atoms with Gasteiger partial charge in [0.15, 0.2) is 5.13 Å². The zero-order valence-corrected chi connectivity index (χ0v) is 21.8. The van der Waals surface area contributed by atoms with Crippen molar-refractivity contribution in [3.63, 3.8) is 0 Å². The molecule has 1 aliphatic heterocycles. The standard InChI is InChI=1S/C23H31N7O4S.ClH/c1-16(31)28-23-29-19(9-6-17-4-7-18(8-5-17)26-15-27-24)21(35-23)22(33)25-10-2-3-20(32)30-11-13-34-14-12-30;/h4-5,7-8,15H,2-3,6,9-14,24H2,1H3,(H,25,33)(H,26,27)(H,28,29,31);1H. The predicted molar refractivity (Wildman–Crippen MR) is 142 cm³/mol. The molecule has 0 saturated carbocycles. The zero-order chi connectivity index (χ0) is 25.0. The van der Waals surface area contributed by atoms with Crippen molar-refractivity contribution in [1.29, 1.82) is 0 Å². The van der Waals surface area contributed by atoms with Gasteiger partial charge in [-0.15, -0.1) is 12.4 Å². The molecule has 1 aromatic carbocycles. The first-order valence-electron chi connectivity index (χ1n) is 11.4. The van der Waals surface area contributed by atoms with Gasteiger partial charge in [0.25, 0.3) is 5.91 Å². The maximum absolute atomic E-state index is 12.9. The molecule has 2 heterocycles. The third kappa shape index (κ3) is 9.19. The second-order valence-corrected chi connectivity index (χ2v) is 8.92. The number of anilines is 1. The van der Waals surface area contributed by atoms with Gasteiger partial charge in [-0.1, -0.05) is 23.5 Å². The Kier molecular flexibility index (Phi) is 12.3. The maximum atomic E-state index is 12.9. The molecule has 1 saturated heterocycles. The van der Waals surface area contributed by atoms with Crippen molar-refractivity contribution in [2.45, 2.75) is 32.6 Å². The van der Waals surface area contributed by atoms with E-state index in [0.717, 1.165) is 22.6 Å². The van der Waals surface area contributed by atoms with Crippen molar-refractivity contribution < 1.29 is 19.1 Å². The van der Waals surface area contributed by atoms with Crippen LogP contribution < -0.4 is 21.9 Å². The summed E-state index contributed by atoms with van der Waals surface area (Å²) in [6.07, 6.45) is 3.51. The van der Waals surface area contributed by atoms with E-state index in [1.54, 1.807) is 4.90 Å². The molecule has 1 aromatic heterocycles. The number of aryl methyl sites for hydroxylation is 2. The summed E-state index contributed by atoms with van der Waals surface area (Å²) in [6.45, 7) is 4.14. The minimum atomic E-state index is -0.258.